The van der Waals surface area contributed by atoms with E-state index in [2.05, 4.69) is 10.9 Å². The van der Waals surface area contributed by atoms with Crippen LogP contribution in [-0.2, 0) is 0 Å². The Bertz CT molecular complexity index is 825. The summed E-state index contributed by atoms with van der Waals surface area (Å²) in [7, 11) is 1.43. The van der Waals surface area contributed by atoms with Crippen LogP contribution in [0.4, 0.5) is 8.78 Å². The Morgan fingerprint density at radius 1 is 0.962 bits per heavy atom. The molecule has 0 saturated heterocycles. The zero-order valence-electron chi connectivity index (χ0n) is 14.4. The summed E-state index contributed by atoms with van der Waals surface area (Å²) in [5.74, 6) is -2.58. The fourth-order valence-corrected chi connectivity index (χ4v) is 2.09. The minimum absolute atomic E-state index is 0.0755. The van der Waals surface area contributed by atoms with Crippen LogP contribution in [0, 0.1) is 11.6 Å². The molecule has 2 aromatic rings. The number of hydrogen-bond donors (Lipinski definition) is 2. The number of carbonyl (C=O) groups excluding carboxylic acids is 2. The number of hydrogen-bond acceptors (Lipinski definition) is 4. The second-order valence-electron chi connectivity index (χ2n) is 5.56. The molecule has 0 radical (unpaired) electrons. The molecule has 26 heavy (non-hydrogen) atoms. The fourth-order valence-electron chi connectivity index (χ4n) is 2.09. The van der Waals surface area contributed by atoms with Crippen molar-refractivity contribution in [3.8, 4) is 11.5 Å². The molecule has 0 aliphatic carbocycles. The topological polar surface area (TPSA) is 76.7 Å². The van der Waals surface area contributed by atoms with Crippen LogP contribution in [0.1, 0.15) is 34.6 Å². The van der Waals surface area contributed by atoms with E-state index in [1.165, 1.54) is 19.2 Å². The second kappa shape index (κ2) is 8.28. The Labute approximate surface area is 149 Å². The summed E-state index contributed by atoms with van der Waals surface area (Å²) in [5, 5.41) is 0. The Hall–Kier alpha value is -3.16. The van der Waals surface area contributed by atoms with Crippen molar-refractivity contribution in [3.63, 3.8) is 0 Å². The summed E-state index contributed by atoms with van der Waals surface area (Å²) in [6.07, 6.45) is -0.0755. The van der Waals surface area contributed by atoms with Crippen molar-refractivity contribution in [2.75, 3.05) is 7.11 Å². The first-order valence-electron chi connectivity index (χ1n) is 7.72. The Morgan fingerprint density at radius 3 is 2.27 bits per heavy atom. The molecule has 0 unspecified atom stereocenters. The van der Waals surface area contributed by atoms with E-state index < -0.39 is 29.0 Å². The van der Waals surface area contributed by atoms with E-state index in [1.807, 2.05) is 13.8 Å². The van der Waals surface area contributed by atoms with Crippen molar-refractivity contribution in [2.45, 2.75) is 20.0 Å². The first kappa shape index (κ1) is 19.2. The van der Waals surface area contributed by atoms with Gasteiger partial charge in [-0.05, 0) is 44.2 Å². The van der Waals surface area contributed by atoms with Gasteiger partial charge in [0.2, 0.25) is 0 Å². The number of amides is 2. The third kappa shape index (κ3) is 4.69. The van der Waals surface area contributed by atoms with E-state index >= 15 is 0 Å². The average Bonchev–Trinajstić information content (AvgIpc) is 2.59. The van der Waals surface area contributed by atoms with Gasteiger partial charge in [0, 0.05) is 11.6 Å². The first-order chi connectivity index (χ1) is 12.3. The molecule has 0 heterocycles. The number of halogens is 2. The van der Waals surface area contributed by atoms with Crippen LogP contribution < -0.4 is 20.3 Å². The molecule has 0 bridgehead atoms. The van der Waals surface area contributed by atoms with Crippen LogP contribution in [0.5, 0.6) is 11.5 Å². The van der Waals surface area contributed by atoms with E-state index in [0.29, 0.717) is 17.6 Å². The van der Waals surface area contributed by atoms with Gasteiger partial charge in [0.1, 0.15) is 11.6 Å². The van der Waals surface area contributed by atoms with Crippen molar-refractivity contribution < 1.29 is 27.8 Å². The predicted octanol–water partition coefficient (Wildman–Crippen LogP) is 2.84. The Morgan fingerprint density at radius 2 is 1.65 bits per heavy atom. The molecule has 2 rings (SSSR count). The highest BCUT2D eigenvalue weighted by molar-refractivity contribution is 5.99. The van der Waals surface area contributed by atoms with Crippen molar-refractivity contribution in [2.24, 2.45) is 0 Å². The summed E-state index contributed by atoms with van der Waals surface area (Å²) in [5.41, 5.74) is 4.02. The molecule has 0 aliphatic heterocycles. The number of benzene rings is 2. The number of carbonyl (C=O) groups is 2. The van der Waals surface area contributed by atoms with Crippen molar-refractivity contribution in [1.29, 1.82) is 0 Å². The molecular weight excluding hydrogens is 346 g/mol. The van der Waals surface area contributed by atoms with Gasteiger partial charge in [-0.25, -0.2) is 8.78 Å². The second-order valence-corrected chi connectivity index (χ2v) is 5.56. The summed E-state index contributed by atoms with van der Waals surface area (Å²) >= 11 is 0. The maximum Gasteiger partial charge on any atom is 0.272 e. The quantitative estimate of drug-likeness (QED) is 0.800. The van der Waals surface area contributed by atoms with Crippen LogP contribution in [-0.4, -0.2) is 25.0 Å². The normalized spacial score (nSPS) is 10.4. The van der Waals surface area contributed by atoms with Crippen LogP contribution >= 0.6 is 0 Å². The highest BCUT2D eigenvalue weighted by Crippen LogP contribution is 2.28. The molecule has 0 atom stereocenters. The number of rotatable bonds is 5. The maximum absolute atomic E-state index is 13.6. The molecule has 8 heteroatoms. The van der Waals surface area contributed by atoms with Gasteiger partial charge >= 0.3 is 0 Å². The van der Waals surface area contributed by atoms with E-state index in [0.717, 1.165) is 12.1 Å². The van der Waals surface area contributed by atoms with Gasteiger partial charge in [-0.3, -0.25) is 20.4 Å². The van der Waals surface area contributed by atoms with Crippen LogP contribution in [0.25, 0.3) is 0 Å². The third-order valence-corrected chi connectivity index (χ3v) is 3.25. The molecule has 6 nitrogen and oxygen atoms in total. The molecular formula is C18H18F2N2O4. The van der Waals surface area contributed by atoms with Crippen LogP contribution in [0.15, 0.2) is 36.4 Å². The number of hydrazine groups is 1. The lowest BCUT2D eigenvalue weighted by molar-refractivity contribution is 0.0844. The summed E-state index contributed by atoms with van der Waals surface area (Å²) in [6.45, 7) is 3.70. The zero-order chi connectivity index (χ0) is 19.3. The van der Waals surface area contributed by atoms with Gasteiger partial charge < -0.3 is 9.47 Å². The summed E-state index contributed by atoms with van der Waals surface area (Å²) in [4.78, 5) is 24.0. The van der Waals surface area contributed by atoms with Gasteiger partial charge in [0.25, 0.3) is 11.8 Å². The lowest BCUT2D eigenvalue weighted by atomic mass is 10.2. The minimum Gasteiger partial charge on any atom is -0.493 e. The van der Waals surface area contributed by atoms with Crippen molar-refractivity contribution in [1.82, 2.24) is 10.9 Å². The molecule has 138 valence electrons. The van der Waals surface area contributed by atoms with E-state index in [4.69, 9.17) is 9.47 Å². The van der Waals surface area contributed by atoms with Gasteiger partial charge in [-0.15, -0.1) is 0 Å². The third-order valence-electron chi connectivity index (χ3n) is 3.25. The molecule has 0 fully saturated rings. The number of nitrogens with one attached hydrogen (secondary N) is 2. The molecule has 2 N–H and O–H groups in total. The van der Waals surface area contributed by atoms with E-state index in [1.54, 1.807) is 6.07 Å². The maximum atomic E-state index is 13.6. The average molecular weight is 364 g/mol. The monoisotopic (exact) mass is 364 g/mol. The van der Waals surface area contributed by atoms with E-state index in [9.17, 15) is 18.4 Å². The zero-order valence-corrected chi connectivity index (χ0v) is 14.4. The standard InChI is InChI=1S/C18H18F2N2O4/c1-10(2)26-15-7-4-11(8-16(15)25-3)17(23)21-22-18(24)13-6-5-12(19)9-14(13)20/h4-10H,1-3H3,(H,21,23)(H,22,24). The van der Waals surface area contributed by atoms with Gasteiger partial charge in [0.05, 0.1) is 18.8 Å². The predicted molar refractivity (Wildman–Crippen MR) is 90.0 cm³/mol. The molecule has 2 amide bonds. The molecule has 0 aromatic heterocycles. The molecule has 0 aliphatic rings. The van der Waals surface area contributed by atoms with Crippen molar-refractivity contribution >= 4 is 11.8 Å². The SMILES string of the molecule is COc1cc(C(=O)NNC(=O)c2ccc(F)cc2F)ccc1OC(C)C. The minimum atomic E-state index is -1.03. The Kier molecular flexibility index (Phi) is 6.11. The number of methoxy groups -OCH3 is 1. The smallest absolute Gasteiger partial charge is 0.272 e. The summed E-state index contributed by atoms with van der Waals surface area (Å²) in [6, 6.07) is 6.99. The number of ether oxygens (including phenoxy) is 2. The summed E-state index contributed by atoms with van der Waals surface area (Å²) < 4.78 is 37.1. The lowest BCUT2D eigenvalue weighted by Crippen LogP contribution is -2.42. The van der Waals surface area contributed by atoms with Gasteiger partial charge in [0.15, 0.2) is 11.5 Å². The molecule has 2 aromatic carbocycles. The van der Waals surface area contributed by atoms with Crippen LogP contribution in [0.2, 0.25) is 0 Å². The fraction of sp³-hybridized carbons (Fsp3) is 0.222. The largest absolute Gasteiger partial charge is 0.493 e. The van der Waals surface area contributed by atoms with E-state index in [-0.39, 0.29) is 11.7 Å². The van der Waals surface area contributed by atoms with Gasteiger partial charge in [-0.2, -0.15) is 0 Å². The Balaban J connectivity index is 2.06. The van der Waals surface area contributed by atoms with Crippen molar-refractivity contribution in [3.05, 3.63) is 59.2 Å². The lowest BCUT2D eigenvalue weighted by Gasteiger charge is -2.14. The van der Waals surface area contributed by atoms with Crippen LogP contribution in [0.3, 0.4) is 0 Å². The highest BCUT2D eigenvalue weighted by Gasteiger charge is 2.15. The van der Waals surface area contributed by atoms with Gasteiger partial charge in [-0.1, -0.05) is 0 Å². The molecule has 0 spiro atoms. The first-order valence-corrected chi connectivity index (χ1v) is 7.72. The highest BCUT2D eigenvalue weighted by atomic mass is 19.1. The molecule has 0 saturated carbocycles.